The van der Waals surface area contributed by atoms with Crippen LogP contribution in [0.3, 0.4) is 0 Å². The number of fused-ring (bicyclic) bond motifs is 8. The molecule has 0 radical (unpaired) electrons. The van der Waals surface area contributed by atoms with E-state index in [0.29, 0.717) is 0 Å². The zero-order valence-corrected chi connectivity index (χ0v) is 32.6. The highest BCUT2D eigenvalue weighted by molar-refractivity contribution is 6.09. The van der Waals surface area contributed by atoms with Crippen molar-refractivity contribution in [2.75, 3.05) is 4.90 Å². The Labute approximate surface area is 340 Å². The first kappa shape index (κ1) is 32.7. The summed E-state index contributed by atoms with van der Waals surface area (Å²) >= 11 is 0. The Bertz CT molecular complexity index is 3030. The van der Waals surface area contributed by atoms with Crippen molar-refractivity contribution in [3.05, 3.63) is 193 Å². The van der Waals surface area contributed by atoms with Gasteiger partial charge in [-0.25, -0.2) is 0 Å². The molecule has 8 aromatic carbocycles. The SMILES string of the molecule is c1ccc2c(c1)-c1c(N(c3ccc(-c4ccc(-n5c6ccccc6c6ccccc65)cc4)cc3)c3ccc4ccccc4c3)cccc1C21[C@@H]2CCC3C[C@@H](C2)C[C@H]31. The fourth-order valence-corrected chi connectivity index (χ4v) is 12.9. The molecule has 2 unspecified atom stereocenters. The van der Waals surface area contributed by atoms with E-state index in [9.17, 15) is 0 Å². The van der Waals surface area contributed by atoms with E-state index in [2.05, 4.69) is 191 Å². The highest BCUT2D eigenvalue weighted by Crippen LogP contribution is 2.71. The normalized spacial score (nSPS) is 22.6. The van der Waals surface area contributed by atoms with Gasteiger partial charge in [0.2, 0.25) is 0 Å². The maximum absolute atomic E-state index is 2.55. The van der Waals surface area contributed by atoms with E-state index in [-0.39, 0.29) is 5.41 Å². The van der Waals surface area contributed by atoms with Crippen molar-refractivity contribution < 1.29 is 0 Å². The minimum Gasteiger partial charge on any atom is -0.310 e. The third kappa shape index (κ3) is 4.49. The number of nitrogens with zero attached hydrogens (tertiary/aromatic N) is 2. The molecule has 9 aromatic rings. The van der Waals surface area contributed by atoms with E-state index in [0.717, 1.165) is 23.7 Å². The first-order valence-corrected chi connectivity index (χ1v) is 21.5. The number of benzene rings is 8. The molecule has 3 saturated carbocycles. The Morgan fingerprint density at radius 1 is 0.500 bits per heavy atom. The number of aromatic nitrogens is 1. The molecule has 1 spiro atoms. The number of anilines is 3. The second-order valence-corrected chi connectivity index (χ2v) is 17.7. The van der Waals surface area contributed by atoms with Gasteiger partial charge in [0.15, 0.2) is 0 Å². The van der Waals surface area contributed by atoms with Crippen LogP contribution in [0.5, 0.6) is 0 Å². The fraction of sp³-hybridized carbons (Fsp3) is 0.179. The summed E-state index contributed by atoms with van der Waals surface area (Å²) in [4.78, 5) is 2.55. The quantitative estimate of drug-likeness (QED) is 0.170. The van der Waals surface area contributed by atoms with E-state index in [1.54, 1.807) is 11.1 Å². The van der Waals surface area contributed by atoms with Crippen molar-refractivity contribution in [2.24, 2.45) is 23.7 Å². The van der Waals surface area contributed by atoms with Crippen LogP contribution in [0.4, 0.5) is 17.1 Å². The van der Waals surface area contributed by atoms with Crippen LogP contribution < -0.4 is 4.90 Å². The lowest BCUT2D eigenvalue weighted by Crippen LogP contribution is -2.48. The van der Waals surface area contributed by atoms with Gasteiger partial charge in [0, 0.05) is 38.8 Å². The van der Waals surface area contributed by atoms with Crippen molar-refractivity contribution in [1.82, 2.24) is 4.57 Å². The van der Waals surface area contributed by atoms with E-state index < -0.39 is 0 Å². The average molecular weight is 745 g/mol. The Morgan fingerprint density at radius 2 is 1.16 bits per heavy atom. The zero-order chi connectivity index (χ0) is 38.0. The summed E-state index contributed by atoms with van der Waals surface area (Å²) in [5, 5.41) is 5.10. The summed E-state index contributed by atoms with van der Waals surface area (Å²) in [5.41, 5.74) is 16.0. The van der Waals surface area contributed by atoms with Crippen LogP contribution in [0.1, 0.15) is 43.2 Å². The van der Waals surface area contributed by atoms with Gasteiger partial charge in [-0.2, -0.15) is 0 Å². The lowest BCUT2D eigenvalue weighted by molar-refractivity contribution is 0.0768. The molecule has 2 nitrogen and oxygen atoms in total. The van der Waals surface area contributed by atoms with Crippen molar-refractivity contribution >= 4 is 49.6 Å². The number of rotatable bonds is 5. The van der Waals surface area contributed by atoms with Gasteiger partial charge >= 0.3 is 0 Å². The standard InChI is InChI=1S/C56H44N2/c1-2-11-40-35-45(31-25-37(40)10-1)57(54-19-9-16-50-55(54)48-14-3-6-15-49(48)56(50)42-26-20-41-32-36(33-42)34-51(41)56)43-27-21-38(22-28-43)39-23-29-44(30-24-39)58-52-17-7-4-12-46(52)47-13-5-8-18-53(47)58/h1-19,21-25,27-31,35-36,41-42,51H,20,26,32-34H2/t36-,41?,42+,51+,56?/m0/s1. The van der Waals surface area contributed by atoms with Gasteiger partial charge in [-0.15, -0.1) is 0 Å². The van der Waals surface area contributed by atoms with Crippen LogP contribution in [0.15, 0.2) is 182 Å². The summed E-state index contributed by atoms with van der Waals surface area (Å²) in [6.07, 6.45) is 7.02. The van der Waals surface area contributed by atoms with Gasteiger partial charge in [0.1, 0.15) is 0 Å². The molecule has 58 heavy (non-hydrogen) atoms. The van der Waals surface area contributed by atoms with Crippen molar-refractivity contribution in [3.63, 3.8) is 0 Å². The van der Waals surface area contributed by atoms with Crippen molar-refractivity contribution in [2.45, 2.75) is 37.5 Å². The molecule has 3 bridgehead atoms. The summed E-state index contributed by atoms with van der Waals surface area (Å²) in [6.45, 7) is 0. The van der Waals surface area contributed by atoms with Gasteiger partial charge < -0.3 is 9.47 Å². The first-order chi connectivity index (χ1) is 28.7. The number of para-hydroxylation sites is 2. The summed E-state index contributed by atoms with van der Waals surface area (Å²) in [7, 11) is 0. The Kier molecular flexibility index (Phi) is 6.94. The van der Waals surface area contributed by atoms with Gasteiger partial charge in [-0.05, 0) is 149 Å². The Morgan fingerprint density at radius 3 is 1.95 bits per heavy atom. The van der Waals surface area contributed by atoms with Crippen LogP contribution in [0.2, 0.25) is 0 Å². The molecule has 13 rings (SSSR count). The second kappa shape index (κ2) is 12.3. The summed E-state index contributed by atoms with van der Waals surface area (Å²) < 4.78 is 2.39. The maximum atomic E-state index is 2.55. The molecule has 1 heterocycles. The lowest BCUT2D eigenvalue weighted by atomic mass is 9.51. The third-order valence-corrected chi connectivity index (χ3v) is 15.1. The monoisotopic (exact) mass is 744 g/mol. The summed E-state index contributed by atoms with van der Waals surface area (Å²) in [5.74, 6) is 3.25. The average Bonchev–Trinajstić information content (AvgIpc) is 3.85. The van der Waals surface area contributed by atoms with E-state index in [1.165, 1.54) is 110 Å². The largest absolute Gasteiger partial charge is 0.310 e. The van der Waals surface area contributed by atoms with Crippen LogP contribution in [0.25, 0.3) is 60.5 Å². The molecule has 0 amide bonds. The van der Waals surface area contributed by atoms with Gasteiger partial charge in [0.25, 0.3) is 0 Å². The number of hydrogen-bond donors (Lipinski definition) is 0. The molecular weight excluding hydrogens is 701 g/mol. The topological polar surface area (TPSA) is 8.17 Å². The number of hydrogen-bond acceptors (Lipinski definition) is 1. The van der Waals surface area contributed by atoms with Crippen LogP contribution in [0, 0.1) is 23.7 Å². The molecule has 0 aliphatic heterocycles. The second-order valence-electron chi connectivity index (χ2n) is 17.7. The molecular formula is C56H44N2. The van der Waals surface area contributed by atoms with E-state index >= 15 is 0 Å². The summed E-state index contributed by atoms with van der Waals surface area (Å²) in [6, 6.07) is 68.5. The molecule has 0 saturated heterocycles. The van der Waals surface area contributed by atoms with Gasteiger partial charge in [0.05, 0.1) is 16.7 Å². The highest BCUT2D eigenvalue weighted by Gasteiger charge is 2.63. The van der Waals surface area contributed by atoms with Crippen LogP contribution in [-0.2, 0) is 5.41 Å². The predicted molar refractivity (Wildman–Crippen MR) is 242 cm³/mol. The third-order valence-electron chi connectivity index (χ3n) is 15.1. The Hall–Kier alpha value is -6.38. The molecule has 4 aliphatic carbocycles. The molecule has 5 atom stereocenters. The minimum absolute atomic E-state index is 0.127. The molecule has 1 aromatic heterocycles. The van der Waals surface area contributed by atoms with E-state index in [4.69, 9.17) is 0 Å². The van der Waals surface area contributed by atoms with Crippen LogP contribution in [-0.4, -0.2) is 4.57 Å². The molecule has 4 aliphatic rings. The molecule has 2 heteroatoms. The van der Waals surface area contributed by atoms with Gasteiger partial charge in [-0.1, -0.05) is 127 Å². The van der Waals surface area contributed by atoms with Gasteiger partial charge in [-0.3, -0.25) is 0 Å². The lowest BCUT2D eigenvalue weighted by Gasteiger charge is -2.52. The van der Waals surface area contributed by atoms with Crippen LogP contribution >= 0.6 is 0 Å². The van der Waals surface area contributed by atoms with Crippen molar-refractivity contribution in [3.8, 4) is 27.9 Å². The molecule has 3 fully saturated rings. The van der Waals surface area contributed by atoms with Crippen molar-refractivity contribution in [1.29, 1.82) is 0 Å². The molecule has 278 valence electrons. The molecule has 0 N–H and O–H groups in total. The zero-order valence-electron chi connectivity index (χ0n) is 32.6. The Balaban J connectivity index is 0.942. The smallest absolute Gasteiger partial charge is 0.0543 e. The maximum Gasteiger partial charge on any atom is 0.0543 e. The minimum atomic E-state index is 0.127. The highest BCUT2D eigenvalue weighted by atomic mass is 15.1. The predicted octanol–water partition coefficient (Wildman–Crippen LogP) is 14.8. The van der Waals surface area contributed by atoms with E-state index in [1.807, 2.05) is 0 Å². The fourth-order valence-electron chi connectivity index (χ4n) is 12.9. The first-order valence-electron chi connectivity index (χ1n) is 21.5.